The first-order chi connectivity index (χ1) is 12.5. The van der Waals surface area contributed by atoms with E-state index >= 15 is 0 Å². The molecule has 0 fully saturated rings. The van der Waals surface area contributed by atoms with Crippen LogP contribution in [0.1, 0.15) is 35.3 Å². The Balaban J connectivity index is 1.93. The summed E-state index contributed by atoms with van der Waals surface area (Å²) in [5, 5.41) is 5.58. The van der Waals surface area contributed by atoms with Crippen LogP contribution in [0, 0.1) is 24.7 Å². The molecule has 134 valence electrons. The van der Waals surface area contributed by atoms with Gasteiger partial charge in [-0.05, 0) is 37.1 Å². The number of rotatable bonds is 5. The molecule has 26 heavy (non-hydrogen) atoms. The fraction of sp³-hybridized carbons (Fsp3) is 0.273. The largest absolute Gasteiger partial charge is 0.343 e. The fourth-order valence-electron chi connectivity index (χ4n) is 2.37. The molecule has 2 rings (SSSR count). The van der Waals surface area contributed by atoms with Crippen LogP contribution >= 0.6 is 0 Å². The van der Waals surface area contributed by atoms with Gasteiger partial charge in [-0.1, -0.05) is 61.6 Å². The Hall–Kier alpha value is -3.06. The van der Waals surface area contributed by atoms with Gasteiger partial charge in [-0.3, -0.25) is 9.59 Å². The molecule has 1 unspecified atom stereocenters. The van der Waals surface area contributed by atoms with Gasteiger partial charge in [-0.25, -0.2) is 0 Å². The van der Waals surface area contributed by atoms with Gasteiger partial charge >= 0.3 is 0 Å². The minimum absolute atomic E-state index is 0.0357. The van der Waals surface area contributed by atoms with Gasteiger partial charge in [0.05, 0.1) is 6.54 Å². The minimum atomic E-state index is -0.609. The summed E-state index contributed by atoms with van der Waals surface area (Å²) in [6.07, 6.45) is 0. The number of nitrogens with one attached hydrogen (secondary N) is 2. The smallest absolute Gasteiger partial charge is 0.251 e. The number of benzene rings is 2. The molecule has 0 aliphatic heterocycles. The van der Waals surface area contributed by atoms with Crippen molar-refractivity contribution >= 4 is 11.8 Å². The molecule has 4 nitrogen and oxygen atoms in total. The predicted molar refractivity (Wildman–Crippen MR) is 104 cm³/mol. The molecule has 0 saturated carbocycles. The first kappa shape index (κ1) is 19.3. The third-order valence-electron chi connectivity index (χ3n) is 3.91. The number of carbonyl (C=O) groups excluding carboxylic acids is 2. The van der Waals surface area contributed by atoms with Crippen LogP contribution in [0.4, 0.5) is 0 Å². The number of amides is 2. The van der Waals surface area contributed by atoms with E-state index in [-0.39, 0.29) is 24.3 Å². The van der Waals surface area contributed by atoms with Crippen molar-refractivity contribution in [1.29, 1.82) is 0 Å². The van der Waals surface area contributed by atoms with Gasteiger partial charge in [0.2, 0.25) is 5.91 Å². The summed E-state index contributed by atoms with van der Waals surface area (Å²) in [5.74, 6) is 5.39. The Morgan fingerprint density at radius 1 is 1.00 bits per heavy atom. The van der Waals surface area contributed by atoms with Crippen LogP contribution in [0.2, 0.25) is 0 Å². The lowest BCUT2D eigenvalue weighted by Gasteiger charge is -2.21. The Labute approximate surface area is 155 Å². The van der Waals surface area contributed by atoms with Crippen molar-refractivity contribution in [3.63, 3.8) is 0 Å². The average molecular weight is 348 g/mol. The highest BCUT2D eigenvalue weighted by Crippen LogP contribution is 2.07. The summed E-state index contributed by atoms with van der Waals surface area (Å²) in [7, 11) is 0. The van der Waals surface area contributed by atoms with Crippen LogP contribution < -0.4 is 10.6 Å². The van der Waals surface area contributed by atoms with E-state index in [0.29, 0.717) is 5.56 Å². The quantitative estimate of drug-likeness (QED) is 0.816. The molecule has 0 heterocycles. The minimum Gasteiger partial charge on any atom is -0.343 e. The van der Waals surface area contributed by atoms with Crippen LogP contribution in [-0.2, 0) is 4.79 Å². The third kappa shape index (κ3) is 5.78. The molecule has 0 bridgehead atoms. The molecular weight excluding hydrogens is 324 g/mol. The predicted octanol–water partition coefficient (Wildman–Crippen LogP) is 2.92. The molecule has 0 radical (unpaired) electrons. The Morgan fingerprint density at radius 3 is 2.27 bits per heavy atom. The van der Waals surface area contributed by atoms with E-state index in [1.165, 1.54) is 0 Å². The van der Waals surface area contributed by atoms with Gasteiger partial charge in [0.1, 0.15) is 6.04 Å². The van der Waals surface area contributed by atoms with E-state index < -0.39 is 6.04 Å². The Morgan fingerprint density at radius 2 is 1.65 bits per heavy atom. The van der Waals surface area contributed by atoms with Gasteiger partial charge in [0.25, 0.3) is 5.91 Å². The molecule has 0 spiro atoms. The highest BCUT2D eigenvalue weighted by atomic mass is 16.2. The SMILES string of the molecule is Cc1ccc(C(=O)NC(C(=O)NCC#Cc2ccccc2)C(C)C)cc1. The number of aryl methyl sites for hydroxylation is 1. The molecule has 2 aromatic carbocycles. The van der Waals surface area contributed by atoms with E-state index in [2.05, 4.69) is 22.5 Å². The van der Waals surface area contributed by atoms with E-state index in [1.807, 2.05) is 63.2 Å². The maximum absolute atomic E-state index is 12.4. The first-order valence-electron chi connectivity index (χ1n) is 8.66. The summed E-state index contributed by atoms with van der Waals surface area (Å²) in [6, 6.07) is 16.2. The second kappa shape index (κ2) is 9.43. The van der Waals surface area contributed by atoms with Crippen LogP contribution in [0.15, 0.2) is 54.6 Å². The van der Waals surface area contributed by atoms with Crippen molar-refractivity contribution in [1.82, 2.24) is 10.6 Å². The normalized spacial score (nSPS) is 11.2. The third-order valence-corrected chi connectivity index (χ3v) is 3.91. The van der Waals surface area contributed by atoms with E-state index in [9.17, 15) is 9.59 Å². The summed E-state index contributed by atoms with van der Waals surface area (Å²) in [6.45, 7) is 5.99. The molecule has 2 amide bonds. The zero-order chi connectivity index (χ0) is 18.9. The monoisotopic (exact) mass is 348 g/mol. The Bertz CT molecular complexity index is 800. The lowest BCUT2D eigenvalue weighted by atomic mass is 10.0. The van der Waals surface area contributed by atoms with Gasteiger partial charge in [-0.15, -0.1) is 0 Å². The molecule has 0 aromatic heterocycles. The summed E-state index contributed by atoms with van der Waals surface area (Å²) in [4.78, 5) is 24.8. The van der Waals surface area contributed by atoms with E-state index in [0.717, 1.165) is 11.1 Å². The zero-order valence-electron chi connectivity index (χ0n) is 15.4. The number of hydrogen-bond acceptors (Lipinski definition) is 2. The highest BCUT2D eigenvalue weighted by molar-refractivity contribution is 5.97. The van der Waals surface area contributed by atoms with Crippen molar-refractivity contribution in [3.8, 4) is 11.8 Å². The molecule has 2 aromatic rings. The van der Waals surface area contributed by atoms with Crippen LogP contribution in [0.25, 0.3) is 0 Å². The zero-order valence-corrected chi connectivity index (χ0v) is 15.4. The lowest BCUT2D eigenvalue weighted by molar-refractivity contribution is -0.123. The molecule has 2 N–H and O–H groups in total. The second-order valence-electron chi connectivity index (χ2n) is 6.45. The molecule has 0 saturated heterocycles. The molecule has 4 heteroatoms. The molecule has 0 aliphatic carbocycles. The van der Waals surface area contributed by atoms with Gasteiger partial charge in [-0.2, -0.15) is 0 Å². The van der Waals surface area contributed by atoms with Crippen molar-refractivity contribution in [2.45, 2.75) is 26.8 Å². The average Bonchev–Trinajstić information content (AvgIpc) is 2.64. The summed E-state index contributed by atoms with van der Waals surface area (Å²) in [5.41, 5.74) is 2.52. The van der Waals surface area contributed by atoms with Crippen molar-refractivity contribution in [3.05, 3.63) is 71.3 Å². The molecule has 0 aliphatic rings. The maximum atomic E-state index is 12.4. The second-order valence-corrected chi connectivity index (χ2v) is 6.45. The standard InChI is InChI=1S/C22H24N2O2/c1-16(2)20(24-21(25)19-13-11-17(3)12-14-19)22(26)23-15-7-10-18-8-5-4-6-9-18/h4-6,8-9,11-14,16,20H,15H2,1-3H3,(H,23,26)(H,24,25). The number of carbonyl (C=O) groups is 2. The highest BCUT2D eigenvalue weighted by Gasteiger charge is 2.24. The fourth-order valence-corrected chi connectivity index (χ4v) is 2.37. The lowest BCUT2D eigenvalue weighted by Crippen LogP contribution is -2.49. The molecule has 1 atom stereocenters. The first-order valence-corrected chi connectivity index (χ1v) is 8.66. The van der Waals surface area contributed by atoms with Crippen LogP contribution in [0.5, 0.6) is 0 Å². The van der Waals surface area contributed by atoms with Crippen molar-refractivity contribution in [2.24, 2.45) is 5.92 Å². The molecular formula is C22H24N2O2. The van der Waals surface area contributed by atoms with E-state index in [1.54, 1.807) is 12.1 Å². The summed E-state index contributed by atoms with van der Waals surface area (Å²) >= 11 is 0. The van der Waals surface area contributed by atoms with E-state index in [4.69, 9.17) is 0 Å². The van der Waals surface area contributed by atoms with Crippen molar-refractivity contribution in [2.75, 3.05) is 6.54 Å². The van der Waals surface area contributed by atoms with Gasteiger partial charge in [0.15, 0.2) is 0 Å². The van der Waals surface area contributed by atoms with Crippen molar-refractivity contribution < 1.29 is 9.59 Å². The number of hydrogen-bond donors (Lipinski definition) is 2. The van der Waals surface area contributed by atoms with Crippen LogP contribution in [0.3, 0.4) is 0 Å². The van der Waals surface area contributed by atoms with Gasteiger partial charge < -0.3 is 10.6 Å². The Kier molecular flexibility index (Phi) is 6.99. The topological polar surface area (TPSA) is 58.2 Å². The van der Waals surface area contributed by atoms with Crippen LogP contribution in [-0.4, -0.2) is 24.4 Å². The summed E-state index contributed by atoms with van der Waals surface area (Å²) < 4.78 is 0. The van der Waals surface area contributed by atoms with Gasteiger partial charge in [0, 0.05) is 11.1 Å². The maximum Gasteiger partial charge on any atom is 0.251 e.